The Morgan fingerprint density at radius 3 is 2.82 bits per heavy atom. The molecule has 0 amide bonds. The summed E-state index contributed by atoms with van der Waals surface area (Å²) in [4.78, 5) is 26.2. The van der Waals surface area contributed by atoms with Crippen molar-refractivity contribution in [2.24, 2.45) is 5.92 Å². The van der Waals surface area contributed by atoms with Gasteiger partial charge >= 0.3 is 11.9 Å². The van der Waals surface area contributed by atoms with Crippen LogP contribution in [-0.4, -0.2) is 40.4 Å². The predicted octanol–water partition coefficient (Wildman–Crippen LogP) is 0.264. The summed E-state index contributed by atoms with van der Waals surface area (Å²) in [6.45, 7) is 4.11. The normalized spacial score (nSPS) is 11.9. The molecule has 0 saturated heterocycles. The van der Waals surface area contributed by atoms with Crippen molar-refractivity contribution in [2.75, 3.05) is 13.7 Å². The average molecular weight is 241 g/mol. The van der Waals surface area contributed by atoms with E-state index >= 15 is 0 Å². The molecule has 0 bridgehead atoms. The quantitative estimate of drug-likeness (QED) is 0.688. The molecule has 0 aliphatic rings. The van der Waals surface area contributed by atoms with Crippen LogP contribution in [0.15, 0.2) is 6.33 Å². The zero-order valence-electron chi connectivity index (χ0n) is 10.0. The van der Waals surface area contributed by atoms with Gasteiger partial charge < -0.3 is 9.47 Å². The number of ether oxygens (including phenoxy) is 2. The number of nitrogens with zero attached hydrogens (tertiary/aromatic N) is 3. The zero-order chi connectivity index (χ0) is 12.8. The SMILES string of the molecule is CCOC(=O)C(C)Cn1cnc(C(=O)OC)n1. The Hall–Kier alpha value is -1.92. The third-order valence-corrected chi connectivity index (χ3v) is 2.05. The van der Waals surface area contributed by atoms with Gasteiger partial charge in [0.05, 0.1) is 26.2 Å². The molecule has 1 unspecified atom stereocenters. The van der Waals surface area contributed by atoms with Crippen LogP contribution in [-0.2, 0) is 20.8 Å². The van der Waals surface area contributed by atoms with Crippen molar-refractivity contribution in [3.8, 4) is 0 Å². The summed E-state index contributed by atoms with van der Waals surface area (Å²) in [5.41, 5.74) is 0. The highest BCUT2D eigenvalue weighted by molar-refractivity contribution is 5.84. The van der Waals surface area contributed by atoms with Crippen LogP contribution in [0.25, 0.3) is 0 Å². The molecule has 17 heavy (non-hydrogen) atoms. The summed E-state index contributed by atoms with van der Waals surface area (Å²) in [5.74, 6) is -1.28. The number of rotatable bonds is 5. The summed E-state index contributed by atoms with van der Waals surface area (Å²) < 4.78 is 10.7. The standard InChI is InChI=1S/C10H15N3O4/c1-4-17-9(14)7(2)5-13-6-11-8(12-13)10(15)16-3/h6-7H,4-5H2,1-3H3. The molecule has 1 aromatic rings. The minimum atomic E-state index is -0.604. The molecular weight excluding hydrogens is 226 g/mol. The van der Waals surface area contributed by atoms with Crippen molar-refractivity contribution in [1.29, 1.82) is 0 Å². The van der Waals surface area contributed by atoms with Crippen LogP contribution in [0.3, 0.4) is 0 Å². The van der Waals surface area contributed by atoms with Crippen molar-refractivity contribution in [3.63, 3.8) is 0 Å². The second-order valence-corrected chi connectivity index (χ2v) is 3.43. The molecule has 7 heteroatoms. The van der Waals surface area contributed by atoms with Gasteiger partial charge in [-0.3, -0.25) is 9.48 Å². The Balaban J connectivity index is 2.60. The van der Waals surface area contributed by atoms with Crippen LogP contribution in [0.5, 0.6) is 0 Å². The summed E-state index contributed by atoms with van der Waals surface area (Å²) >= 11 is 0. The lowest BCUT2D eigenvalue weighted by Gasteiger charge is -2.09. The van der Waals surface area contributed by atoms with E-state index in [1.54, 1.807) is 13.8 Å². The number of carbonyl (C=O) groups excluding carboxylic acids is 2. The van der Waals surface area contributed by atoms with Crippen molar-refractivity contribution in [3.05, 3.63) is 12.2 Å². The van der Waals surface area contributed by atoms with Gasteiger partial charge in [-0.1, -0.05) is 6.92 Å². The number of aromatic nitrogens is 3. The molecule has 1 atom stereocenters. The van der Waals surface area contributed by atoms with Crippen LogP contribution in [0, 0.1) is 5.92 Å². The third kappa shape index (κ3) is 3.54. The highest BCUT2D eigenvalue weighted by Gasteiger charge is 2.17. The molecule has 0 aromatic carbocycles. The second kappa shape index (κ2) is 5.97. The summed E-state index contributed by atoms with van der Waals surface area (Å²) in [7, 11) is 1.25. The molecule has 7 nitrogen and oxygen atoms in total. The Morgan fingerprint density at radius 2 is 2.24 bits per heavy atom. The van der Waals surface area contributed by atoms with Crippen LogP contribution in [0.1, 0.15) is 24.5 Å². The molecule has 0 fully saturated rings. The van der Waals surface area contributed by atoms with Crippen molar-refractivity contribution in [2.45, 2.75) is 20.4 Å². The third-order valence-electron chi connectivity index (χ3n) is 2.05. The zero-order valence-corrected chi connectivity index (χ0v) is 10.0. The Morgan fingerprint density at radius 1 is 1.53 bits per heavy atom. The number of esters is 2. The second-order valence-electron chi connectivity index (χ2n) is 3.43. The van der Waals surface area contributed by atoms with Crippen LogP contribution < -0.4 is 0 Å². The van der Waals surface area contributed by atoms with Gasteiger partial charge in [-0.15, -0.1) is 5.10 Å². The maximum absolute atomic E-state index is 11.4. The van der Waals surface area contributed by atoms with Gasteiger partial charge in [-0.25, -0.2) is 9.78 Å². The van der Waals surface area contributed by atoms with E-state index in [0.29, 0.717) is 13.2 Å². The lowest BCUT2D eigenvalue weighted by atomic mass is 10.2. The highest BCUT2D eigenvalue weighted by atomic mass is 16.5. The first-order valence-corrected chi connectivity index (χ1v) is 5.22. The van der Waals surface area contributed by atoms with E-state index < -0.39 is 5.97 Å². The van der Waals surface area contributed by atoms with E-state index in [4.69, 9.17) is 4.74 Å². The van der Waals surface area contributed by atoms with E-state index in [1.807, 2.05) is 0 Å². The molecular formula is C10H15N3O4. The van der Waals surface area contributed by atoms with Crippen molar-refractivity contribution >= 4 is 11.9 Å². The number of hydrogen-bond acceptors (Lipinski definition) is 6. The monoisotopic (exact) mass is 241 g/mol. The molecule has 0 N–H and O–H groups in total. The molecule has 1 heterocycles. The van der Waals surface area contributed by atoms with Gasteiger partial charge in [-0.2, -0.15) is 0 Å². The fourth-order valence-electron chi connectivity index (χ4n) is 1.21. The van der Waals surface area contributed by atoms with E-state index in [1.165, 1.54) is 18.1 Å². The predicted molar refractivity (Wildman–Crippen MR) is 57.2 cm³/mol. The number of carbonyl (C=O) groups is 2. The van der Waals surface area contributed by atoms with Gasteiger partial charge in [0.15, 0.2) is 0 Å². The smallest absolute Gasteiger partial charge is 0.377 e. The van der Waals surface area contributed by atoms with Gasteiger partial charge in [0.1, 0.15) is 6.33 Å². The molecule has 1 rings (SSSR count). The Bertz CT molecular complexity index is 402. The molecule has 94 valence electrons. The first-order valence-electron chi connectivity index (χ1n) is 5.22. The van der Waals surface area contributed by atoms with Gasteiger partial charge in [0.2, 0.25) is 0 Å². The lowest BCUT2D eigenvalue weighted by molar-refractivity contribution is -0.147. The van der Waals surface area contributed by atoms with Crippen LogP contribution >= 0.6 is 0 Å². The number of methoxy groups -OCH3 is 1. The molecule has 0 spiro atoms. The molecule has 0 aliphatic carbocycles. The van der Waals surface area contributed by atoms with E-state index in [2.05, 4.69) is 14.8 Å². The fraction of sp³-hybridized carbons (Fsp3) is 0.600. The molecule has 0 saturated carbocycles. The van der Waals surface area contributed by atoms with E-state index in [9.17, 15) is 9.59 Å². The maximum Gasteiger partial charge on any atom is 0.377 e. The van der Waals surface area contributed by atoms with Crippen LogP contribution in [0.4, 0.5) is 0 Å². The highest BCUT2D eigenvalue weighted by Crippen LogP contribution is 2.03. The molecule has 1 aromatic heterocycles. The Kier molecular flexibility index (Phi) is 4.62. The first-order chi connectivity index (χ1) is 8.08. The van der Waals surface area contributed by atoms with Gasteiger partial charge in [0.25, 0.3) is 5.82 Å². The number of hydrogen-bond donors (Lipinski definition) is 0. The first kappa shape index (κ1) is 13.1. The largest absolute Gasteiger partial charge is 0.466 e. The summed E-state index contributed by atoms with van der Waals surface area (Å²) in [5, 5.41) is 3.89. The summed E-state index contributed by atoms with van der Waals surface area (Å²) in [6, 6.07) is 0. The topological polar surface area (TPSA) is 83.3 Å². The van der Waals surface area contributed by atoms with E-state index in [-0.39, 0.29) is 17.7 Å². The average Bonchev–Trinajstić information content (AvgIpc) is 2.76. The minimum Gasteiger partial charge on any atom is -0.466 e. The lowest BCUT2D eigenvalue weighted by Crippen LogP contribution is -2.20. The van der Waals surface area contributed by atoms with Crippen LogP contribution in [0.2, 0.25) is 0 Å². The molecule has 0 aliphatic heterocycles. The molecule has 0 radical (unpaired) electrons. The van der Waals surface area contributed by atoms with Gasteiger partial charge in [0, 0.05) is 0 Å². The fourth-order valence-corrected chi connectivity index (χ4v) is 1.21. The summed E-state index contributed by atoms with van der Waals surface area (Å²) in [6.07, 6.45) is 1.38. The van der Waals surface area contributed by atoms with Crippen molar-refractivity contribution < 1.29 is 19.1 Å². The Labute approximate surface area is 98.7 Å². The van der Waals surface area contributed by atoms with Crippen molar-refractivity contribution in [1.82, 2.24) is 14.8 Å². The van der Waals surface area contributed by atoms with E-state index in [0.717, 1.165) is 0 Å². The maximum atomic E-state index is 11.4. The van der Waals surface area contributed by atoms with Gasteiger partial charge in [-0.05, 0) is 6.92 Å². The minimum absolute atomic E-state index is 0.0245.